The molecule has 1 saturated carbocycles. The lowest BCUT2D eigenvalue weighted by Gasteiger charge is -2.29. The van der Waals surface area contributed by atoms with Gasteiger partial charge in [0.2, 0.25) is 5.91 Å². The quantitative estimate of drug-likeness (QED) is 0.665. The number of primary amides is 1. The number of hydrogen-bond donors (Lipinski definition) is 2. The van der Waals surface area contributed by atoms with E-state index in [4.69, 9.17) is 5.73 Å². The number of nitrogens with one attached hydrogen (secondary N) is 1. The van der Waals surface area contributed by atoms with E-state index >= 15 is 0 Å². The van der Waals surface area contributed by atoms with E-state index in [0.29, 0.717) is 18.0 Å². The Bertz CT molecular complexity index is 251. The lowest BCUT2D eigenvalue weighted by Crippen LogP contribution is -2.45. The van der Waals surface area contributed by atoms with Gasteiger partial charge in [-0.25, -0.2) is 0 Å². The van der Waals surface area contributed by atoms with Crippen molar-refractivity contribution in [1.82, 2.24) is 10.2 Å². The van der Waals surface area contributed by atoms with Gasteiger partial charge in [0.05, 0.1) is 6.04 Å². The average Bonchev–Trinajstić information content (AvgIpc) is 3.05. The zero-order valence-corrected chi connectivity index (χ0v) is 11.6. The number of carbonyl (C=O) groups excluding carboxylic acids is 1. The van der Waals surface area contributed by atoms with Crippen molar-refractivity contribution in [3.05, 3.63) is 0 Å². The first-order valence-corrected chi connectivity index (χ1v) is 6.67. The van der Waals surface area contributed by atoms with Crippen LogP contribution >= 0.6 is 0 Å². The minimum atomic E-state index is -0.220. The number of hydrogen-bond acceptors (Lipinski definition) is 3. The van der Waals surface area contributed by atoms with Crippen LogP contribution in [-0.4, -0.2) is 42.5 Å². The molecule has 4 nitrogen and oxygen atoms in total. The summed E-state index contributed by atoms with van der Waals surface area (Å²) >= 11 is 0. The molecule has 1 fully saturated rings. The summed E-state index contributed by atoms with van der Waals surface area (Å²) < 4.78 is 0. The molecule has 100 valence electrons. The smallest absolute Gasteiger partial charge is 0.234 e. The molecule has 0 bridgehead atoms. The fourth-order valence-corrected chi connectivity index (χ4v) is 1.89. The summed E-state index contributed by atoms with van der Waals surface area (Å²) in [5.41, 5.74) is 5.41. The zero-order valence-electron chi connectivity index (χ0n) is 11.6. The Kier molecular flexibility index (Phi) is 5.40. The average molecular weight is 241 g/mol. The largest absolute Gasteiger partial charge is 0.368 e. The monoisotopic (exact) mass is 241 g/mol. The number of carbonyl (C=O) groups is 1. The first-order valence-electron chi connectivity index (χ1n) is 6.67. The molecule has 0 spiro atoms. The van der Waals surface area contributed by atoms with Crippen molar-refractivity contribution < 1.29 is 4.79 Å². The highest BCUT2D eigenvalue weighted by atomic mass is 16.1. The molecule has 4 heteroatoms. The van der Waals surface area contributed by atoms with Crippen LogP contribution in [0.4, 0.5) is 0 Å². The maximum Gasteiger partial charge on any atom is 0.234 e. The highest BCUT2D eigenvalue weighted by molar-refractivity contribution is 5.79. The Balaban J connectivity index is 2.32. The van der Waals surface area contributed by atoms with Crippen LogP contribution in [0.3, 0.4) is 0 Å². The van der Waals surface area contributed by atoms with Gasteiger partial charge in [0, 0.05) is 18.6 Å². The van der Waals surface area contributed by atoms with Gasteiger partial charge < -0.3 is 16.0 Å². The van der Waals surface area contributed by atoms with E-state index in [9.17, 15) is 4.79 Å². The van der Waals surface area contributed by atoms with E-state index in [0.717, 1.165) is 13.0 Å². The van der Waals surface area contributed by atoms with Crippen molar-refractivity contribution >= 4 is 5.91 Å². The number of amides is 1. The first-order chi connectivity index (χ1) is 7.91. The maximum absolute atomic E-state index is 11.3. The normalized spacial score (nSPS) is 19.6. The van der Waals surface area contributed by atoms with E-state index in [-0.39, 0.29) is 11.9 Å². The fraction of sp³-hybridized carbons (Fsp3) is 0.923. The van der Waals surface area contributed by atoms with Gasteiger partial charge in [0.25, 0.3) is 0 Å². The fourth-order valence-electron chi connectivity index (χ4n) is 1.89. The van der Waals surface area contributed by atoms with Gasteiger partial charge in [0.15, 0.2) is 0 Å². The second-order valence-corrected chi connectivity index (χ2v) is 5.65. The van der Waals surface area contributed by atoms with E-state index < -0.39 is 0 Å². The van der Waals surface area contributed by atoms with Crippen molar-refractivity contribution in [3.63, 3.8) is 0 Å². The Morgan fingerprint density at radius 3 is 2.41 bits per heavy atom. The van der Waals surface area contributed by atoms with Crippen molar-refractivity contribution in [2.45, 2.75) is 58.2 Å². The van der Waals surface area contributed by atoms with Crippen LogP contribution in [0.25, 0.3) is 0 Å². The second-order valence-electron chi connectivity index (χ2n) is 5.65. The van der Waals surface area contributed by atoms with Crippen LogP contribution < -0.4 is 11.1 Å². The van der Waals surface area contributed by atoms with Crippen molar-refractivity contribution in [1.29, 1.82) is 0 Å². The molecule has 0 saturated heterocycles. The molecule has 0 aromatic carbocycles. The molecule has 1 rings (SSSR count). The van der Waals surface area contributed by atoms with Gasteiger partial charge in [0.1, 0.15) is 0 Å². The molecule has 2 atom stereocenters. The Hall–Kier alpha value is -0.610. The summed E-state index contributed by atoms with van der Waals surface area (Å²) in [6.45, 7) is 7.56. The van der Waals surface area contributed by atoms with Crippen LogP contribution in [0.2, 0.25) is 0 Å². The topological polar surface area (TPSA) is 58.4 Å². The molecule has 3 N–H and O–H groups in total. The number of rotatable bonds is 8. The summed E-state index contributed by atoms with van der Waals surface area (Å²) in [5.74, 6) is 0.408. The van der Waals surface area contributed by atoms with E-state index in [1.807, 2.05) is 0 Å². The summed E-state index contributed by atoms with van der Waals surface area (Å²) in [4.78, 5) is 13.6. The predicted octanol–water partition coefficient (Wildman–Crippen LogP) is 0.959. The molecule has 0 heterocycles. The molecule has 0 aromatic heterocycles. The molecule has 0 aromatic rings. The first kappa shape index (κ1) is 14.5. The molecule has 1 amide bonds. The lowest BCUT2D eigenvalue weighted by molar-refractivity contribution is -0.120. The minimum absolute atomic E-state index is 0.163. The standard InChI is InChI=1S/C13H27N3O/c1-9(2)10(3)16(4)8-7-12(13(14)17)15-11-5-6-11/h9-12,15H,5-8H2,1-4H3,(H2,14,17). The third-order valence-corrected chi connectivity index (χ3v) is 3.79. The van der Waals surface area contributed by atoms with Gasteiger partial charge in [-0.1, -0.05) is 13.8 Å². The van der Waals surface area contributed by atoms with E-state index in [1.54, 1.807) is 0 Å². The molecular weight excluding hydrogens is 214 g/mol. The Morgan fingerprint density at radius 2 is 2.00 bits per heavy atom. The summed E-state index contributed by atoms with van der Waals surface area (Å²) in [7, 11) is 2.11. The van der Waals surface area contributed by atoms with Crippen LogP contribution in [-0.2, 0) is 4.79 Å². The van der Waals surface area contributed by atoms with Crippen LogP contribution in [0, 0.1) is 5.92 Å². The summed E-state index contributed by atoms with van der Waals surface area (Å²) in [6, 6.07) is 0.897. The molecule has 0 aliphatic heterocycles. The van der Waals surface area contributed by atoms with Crippen molar-refractivity contribution in [2.24, 2.45) is 11.7 Å². The Morgan fingerprint density at radius 1 is 1.41 bits per heavy atom. The summed E-state index contributed by atoms with van der Waals surface area (Å²) in [5, 5.41) is 3.31. The van der Waals surface area contributed by atoms with Gasteiger partial charge in [-0.05, 0) is 39.2 Å². The highest BCUT2D eigenvalue weighted by Crippen LogP contribution is 2.20. The van der Waals surface area contributed by atoms with Crippen molar-refractivity contribution in [2.75, 3.05) is 13.6 Å². The van der Waals surface area contributed by atoms with Gasteiger partial charge in [-0.15, -0.1) is 0 Å². The highest BCUT2D eigenvalue weighted by Gasteiger charge is 2.27. The third-order valence-electron chi connectivity index (χ3n) is 3.79. The van der Waals surface area contributed by atoms with Crippen LogP contribution in [0.1, 0.15) is 40.0 Å². The number of nitrogens with two attached hydrogens (primary N) is 1. The molecule has 0 radical (unpaired) electrons. The molecule has 2 unspecified atom stereocenters. The van der Waals surface area contributed by atoms with E-state index in [2.05, 4.69) is 38.0 Å². The van der Waals surface area contributed by atoms with Crippen LogP contribution in [0.15, 0.2) is 0 Å². The zero-order chi connectivity index (χ0) is 13.0. The van der Waals surface area contributed by atoms with Gasteiger partial charge >= 0.3 is 0 Å². The molecule has 17 heavy (non-hydrogen) atoms. The van der Waals surface area contributed by atoms with Gasteiger partial charge in [-0.2, -0.15) is 0 Å². The molecular formula is C13H27N3O. The maximum atomic E-state index is 11.3. The number of nitrogens with zero attached hydrogens (tertiary/aromatic N) is 1. The van der Waals surface area contributed by atoms with Crippen molar-refractivity contribution in [3.8, 4) is 0 Å². The van der Waals surface area contributed by atoms with Gasteiger partial charge in [-0.3, -0.25) is 4.79 Å². The summed E-state index contributed by atoms with van der Waals surface area (Å²) in [6.07, 6.45) is 3.17. The molecule has 1 aliphatic rings. The molecule has 1 aliphatic carbocycles. The minimum Gasteiger partial charge on any atom is -0.368 e. The third kappa shape index (κ3) is 5.04. The Labute approximate surface area is 105 Å². The second kappa shape index (κ2) is 6.36. The lowest BCUT2D eigenvalue weighted by atomic mass is 10.0. The predicted molar refractivity (Wildman–Crippen MR) is 70.7 cm³/mol. The SMILES string of the molecule is CC(C)C(C)N(C)CCC(NC1CC1)C(N)=O. The van der Waals surface area contributed by atoms with Crippen LogP contribution in [0.5, 0.6) is 0 Å². The van der Waals surface area contributed by atoms with E-state index in [1.165, 1.54) is 12.8 Å².